The Kier molecular flexibility index (Phi) is 5.22. The molecule has 0 aliphatic carbocycles. The summed E-state index contributed by atoms with van der Waals surface area (Å²) in [7, 11) is 0. The molecular formula is C21H25N7O4. The maximum absolute atomic E-state index is 13.1. The molecule has 2 saturated heterocycles. The molecule has 0 radical (unpaired) electrons. The van der Waals surface area contributed by atoms with Crippen molar-refractivity contribution < 1.29 is 19.4 Å². The molecule has 11 heteroatoms. The minimum absolute atomic E-state index is 0.0951. The summed E-state index contributed by atoms with van der Waals surface area (Å²) in [5.74, 6) is -0.287. The van der Waals surface area contributed by atoms with Gasteiger partial charge in [0.15, 0.2) is 0 Å². The first-order valence-electron chi connectivity index (χ1n) is 10.7. The largest absolute Gasteiger partial charge is 0.456 e. The van der Waals surface area contributed by atoms with Crippen LogP contribution in [0, 0.1) is 12.3 Å². The smallest absolute Gasteiger partial charge is 0.333 e. The van der Waals surface area contributed by atoms with Crippen molar-refractivity contribution in [3.63, 3.8) is 0 Å². The van der Waals surface area contributed by atoms with Crippen LogP contribution in [0.25, 0.3) is 5.69 Å². The standard InChI is InChI=1S/C21H25N7O4/c1-14-8-16(22-10-17(14)28-13-23-24-25-28)18(29)11-26-5-2-21(3-6-26)4-7-27(20(21)31)15-9-19(30)32-12-15/h8-10,13,18,29H,2-7,11-12H2,1H3/t18-/m0/s1. The van der Waals surface area contributed by atoms with E-state index < -0.39 is 6.10 Å². The molecule has 0 unspecified atom stereocenters. The molecule has 32 heavy (non-hydrogen) atoms. The van der Waals surface area contributed by atoms with E-state index in [-0.39, 0.29) is 23.9 Å². The highest BCUT2D eigenvalue weighted by Gasteiger charge is 2.49. The first-order chi connectivity index (χ1) is 15.4. The Morgan fingerprint density at radius 3 is 2.66 bits per heavy atom. The summed E-state index contributed by atoms with van der Waals surface area (Å²) in [6.07, 6.45) is 6.11. The van der Waals surface area contributed by atoms with Gasteiger partial charge in [-0.25, -0.2) is 4.79 Å². The number of aliphatic hydroxyl groups excluding tert-OH is 1. The lowest BCUT2D eigenvalue weighted by atomic mass is 9.77. The molecule has 0 bridgehead atoms. The molecule has 1 spiro atoms. The topological polar surface area (TPSA) is 127 Å². The first kappa shape index (κ1) is 20.7. The molecule has 0 saturated carbocycles. The molecule has 3 aliphatic rings. The average Bonchev–Trinajstić information content (AvgIpc) is 3.52. The number of likely N-dealkylation sites (tertiary alicyclic amines) is 2. The lowest BCUT2D eigenvalue weighted by Crippen LogP contribution is -2.45. The van der Waals surface area contributed by atoms with E-state index in [2.05, 4.69) is 25.4 Å². The molecule has 1 atom stereocenters. The Labute approximate surface area is 184 Å². The SMILES string of the molecule is Cc1cc([C@@H](O)CN2CCC3(CC2)CCN(C2=CC(=O)OC2)C3=O)ncc1-n1cnnn1. The molecule has 0 aromatic carbocycles. The highest BCUT2D eigenvalue weighted by Crippen LogP contribution is 2.43. The van der Waals surface area contributed by atoms with E-state index in [1.807, 2.05) is 13.0 Å². The van der Waals surface area contributed by atoms with Crippen LogP contribution in [0.4, 0.5) is 0 Å². The first-order valence-corrected chi connectivity index (χ1v) is 10.7. The van der Waals surface area contributed by atoms with Crippen LogP contribution in [0.2, 0.25) is 0 Å². The van der Waals surface area contributed by atoms with Crippen molar-refractivity contribution in [3.05, 3.63) is 41.6 Å². The predicted octanol–water partition coefficient (Wildman–Crippen LogP) is 0.154. The van der Waals surface area contributed by atoms with Crippen molar-refractivity contribution >= 4 is 11.9 Å². The third kappa shape index (κ3) is 3.67. The Morgan fingerprint density at radius 1 is 1.22 bits per heavy atom. The number of tetrazole rings is 1. The van der Waals surface area contributed by atoms with Gasteiger partial charge in [0.1, 0.15) is 19.0 Å². The zero-order chi connectivity index (χ0) is 22.3. The van der Waals surface area contributed by atoms with E-state index in [9.17, 15) is 14.7 Å². The zero-order valence-corrected chi connectivity index (χ0v) is 17.8. The Morgan fingerprint density at radius 2 is 2.00 bits per heavy atom. The fourth-order valence-corrected chi connectivity index (χ4v) is 4.84. The van der Waals surface area contributed by atoms with Gasteiger partial charge in [-0.15, -0.1) is 5.10 Å². The number of aryl methyl sites for hydroxylation is 1. The predicted molar refractivity (Wildman–Crippen MR) is 110 cm³/mol. The zero-order valence-electron chi connectivity index (χ0n) is 17.8. The number of pyridine rings is 1. The average molecular weight is 439 g/mol. The number of ether oxygens (including phenoxy) is 1. The van der Waals surface area contributed by atoms with Crippen LogP contribution in [0.1, 0.15) is 36.6 Å². The van der Waals surface area contributed by atoms with Gasteiger partial charge in [-0.3, -0.25) is 9.78 Å². The monoisotopic (exact) mass is 439 g/mol. The normalized spacial score (nSPS) is 21.8. The van der Waals surface area contributed by atoms with E-state index in [1.54, 1.807) is 11.1 Å². The number of carbonyl (C=O) groups is 2. The molecule has 1 N–H and O–H groups in total. The number of carbonyl (C=O) groups excluding carboxylic acids is 2. The van der Waals surface area contributed by atoms with Gasteiger partial charge in [-0.2, -0.15) is 4.68 Å². The number of hydrogen-bond donors (Lipinski definition) is 1. The van der Waals surface area contributed by atoms with Gasteiger partial charge in [0.2, 0.25) is 5.91 Å². The number of aliphatic hydroxyl groups is 1. The number of aromatic nitrogens is 5. The number of piperidine rings is 1. The van der Waals surface area contributed by atoms with Gasteiger partial charge >= 0.3 is 5.97 Å². The van der Waals surface area contributed by atoms with Crippen LogP contribution in [-0.4, -0.2) is 84.8 Å². The van der Waals surface area contributed by atoms with Crippen molar-refractivity contribution in [3.8, 4) is 5.69 Å². The van der Waals surface area contributed by atoms with Gasteiger partial charge in [0, 0.05) is 19.2 Å². The molecule has 5 heterocycles. The van der Waals surface area contributed by atoms with Crippen LogP contribution in [-0.2, 0) is 14.3 Å². The molecule has 5 rings (SSSR count). The van der Waals surface area contributed by atoms with Crippen LogP contribution >= 0.6 is 0 Å². The molecule has 2 fully saturated rings. The van der Waals surface area contributed by atoms with Gasteiger partial charge in [0.05, 0.1) is 28.7 Å². The van der Waals surface area contributed by atoms with E-state index in [0.29, 0.717) is 24.5 Å². The Hall–Kier alpha value is -3.18. The van der Waals surface area contributed by atoms with Gasteiger partial charge in [0.25, 0.3) is 0 Å². The van der Waals surface area contributed by atoms with Crippen molar-refractivity contribution in [1.82, 2.24) is 35.0 Å². The highest BCUT2D eigenvalue weighted by molar-refractivity contribution is 5.90. The summed E-state index contributed by atoms with van der Waals surface area (Å²) >= 11 is 0. The maximum Gasteiger partial charge on any atom is 0.333 e. The number of β-amino-alcohol motifs (C(OH)–C–C–N with tert-alkyl or cyclic N) is 1. The van der Waals surface area contributed by atoms with Crippen LogP contribution in [0.15, 0.2) is 30.4 Å². The number of cyclic esters (lactones) is 1. The second-order valence-electron chi connectivity index (χ2n) is 8.70. The number of amides is 1. The van der Waals surface area contributed by atoms with Gasteiger partial charge in [-0.05, 0) is 61.3 Å². The van der Waals surface area contributed by atoms with E-state index >= 15 is 0 Å². The third-order valence-corrected chi connectivity index (χ3v) is 6.79. The van der Waals surface area contributed by atoms with Crippen LogP contribution in [0.3, 0.4) is 0 Å². The summed E-state index contributed by atoms with van der Waals surface area (Å²) in [6.45, 7) is 4.64. The summed E-state index contributed by atoms with van der Waals surface area (Å²) in [5, 5.41) is 21.9. The Balaban J connectivity index is 1.19. The van der Waals surface area contributed by atoms with Crippen molar-refractivity contribution in [1.29, 1.82) is 0 Å². The van der Waals surface area contributed by atoms with Gasteiger partial charge < -0.3 is 19.6 Å². The van der Waals surface area contributed by atoms with Crippen LogP contribution in [0.5, 0.6) is 0 Å². The van der Waals surface area contributed by atoms with Crippen molar-refractivity contribution in [2.75, 3.05) is 32.8 Å². The summed E-state index contributed by atoms with van der Waals surface area (Å²) in [5.41, 5.74) is 2.57. The summed E-state index contributed by atoms with van der Waals surface area (Å²) in [6, 6.07) is 1.85. The Bertz CT molecular complexity index is 1060. The molecule has 168 valence electrons. The fourth-order valence-electron chi connectivity index (χ4n) is 4.84. The lowest BCUT2D eigenvalue weighted by Gasteiger charge is -2.38. The molecular weight excluding hydrogens is 414 g/mol. The molecule has 1 amide bonds. The molecule has 11 nitrogen and oxygen atoms in total. The fraction of sp³-hybridized carbons (Fsp3) is 0.524. The lowest BCUT2D eigenvalue weighted by molar-refractivity contribution is -0.138. The molecule has 2 aromatic rings. The second kappa shape index (κ2) is 8.06. The number of esters is 1. The number of hydrogen-bond acceptors (Lipinski definition) is 9. The van der Waals surface area contributed by atoms with Gasteiger partial charge in [-0.1, -0.05) is 0 Å². The van der Waals surface area contributed by atoms with E-state index in [1.165, 1.54) is 17.1 Å². The summed E-state index contributed by atoms with van der Waals surface area (Å²) < 4.78 is 6.50. The molecule has 3 aliphatic heterocycles. The highest BCUT2D eigenvalue weighted by atomic mass is 16.5. The third-order valence-electron chi connectivity index (χ3n) is 6.79. The minimum atomic E-state index is -0.728. The number of nitrogens with zero attached hydrogens (tertiary/aromatic N) is 7. The molecule has 2 aromatic heterocycles. The van der Waals surface area contributed by atoms with E-state index in [0.717, 1.165) is 43.6 Å². The van der Waals surface area contributed by atoms with Crippen molar-refractivity contribution in [2.45, 2.75) is 32.3 Å². The second-order valence-corrected chi connectivity index (χ2v) is 8.70. The number of rotatable bonds is 5. The van der Waals surface area contributed by atoms with Crippen molar-refractivity contribution in [2.24, 2.45) is 5.41 Å². The van der Waals surface area contributed by atoms with E-state index in [4.69, 9.17) is 4.74 Å². The van der Waals surface area contributed by atoms with Crippen LogP contribution < -0.4 is 0 Å². The summed E-state index contributed by atoms with van der Waals surface area (Å²) in [4.78, 5) is 32.8. The maximum atomic E-state index is 13.1. The quantitative estimate of drug-likeness (QED) is 0.648. The minimum Gasteiger partial charge on any atom is -0.456 e.